The Morgan fingerprint density at radius 3 is 2.05 bits per heavy atom. The molecule has 12 heteroatoms. The number of aliphatic imine (C=N–C) groups is 1. The Hall–Kier alpha value is -0.780. The number of phosphoric acid groups is 1. The molecule has 11 N–H and O–H groups in total. The van der Waals surface area contributed by atoms with Crippen LogP contribution in [0.2, 0.25) is 0 Å². The van der Waals surface area contributed by atoms with Crippen molar-refractivity contribution in [1.82, 2.24) is 0 Å². The molecule has 1 fully saturated rings. The van der Waals surface area contributed by atoms with Gasteiger partial charge in [0.2, 0.25) is 0 Å². The summed E-state index contributed by atoms with van der Waals surface area (Å²) in [6.07, 6.45) is -6.71. The van der Waals surface area contributed by atoms with Crippen molar-refractivity contribution in [3.8, 4) is 0 Å². The normalized spacial score (nSPS) is 39.9. The van der Waals surface area contributed by atoms with Gasteiger partial charge < -0.3 is 42.3 Å². The van der Waals surface area contributed by atoms with E-state index in [1.807, 2.05) is 0 Å². The van der Waals surface area contributed by atoms with E-state index in [4.69, 9.17) is 27.0 Å². The molecule has 1 rings (SSSR count). The Kier molecular flexibility index (Phi) is 4.87. The lowest BCUT2D eigenvalue weighted by Crippen LogP contribution is -2.66. The summed E-state index contributed by atoms with van der Waals surface area (Å²) in [5, 5.41) is 29.1. The number of rotatable bonds is 3. The summed E-state index contributed by atoms with van der Waals surface area (Å²) in [4.78, 5) is 21.0. The number of aliphatic hydroxyl groups excluding tert-OH is 3. The molecule has 0 amide bonds. The largest absolute Gasteiger partial charge is 0.470 e. The first-order valence-electron chi connectivity index (χ1n) is 5.17. The Labute approximate surface area is 107 Å². The molecule has 0 aromatic heterocycles. The van der Waals surface area contributed by atoms with Crippen LogP contribution in [0.1, 0.15) is 0 Å². The van der Waals surface area contributed by atoms with Crippen molar-refractivity contribution in [2.45, 2.75) is 36.5 Å². The number of hydrogen-bond acceptors (Lipinski definition) is 7. The van der Waals surface area contributed by atoms with Crippen molar-refractivity contribution in [2.24, 2.45) is 22.2 Å². The van der Waals surface area contributed by atoms with Crippen LogP contribution in [0.15, 0.2) is 4.99 Å². The van der Waals surface area contributed by atoms with Crippen LogP contribution in [0.3, 0.4) is 0 Å². The summed E-state index contributed by atoms with van der Waals surface area (Å²) in [6.45, 7) is 0. The highest BCUT2D eigenvalue weighted by Crippen LogP contribution is 2.41. The van der Waals surface area contributed by atoms with Gasteiger partial charge >= 0.3 is 7.82 Å². The third kappa shape index (κ3) is 3.84. The fraction of sp³-hybridized carbons (Fsp3) is 0.857. The molecule has 0 heterocycles. The van der Waals surface area contributed by atoms with Crippen LogP contribution in [0.5, 0.6) is 0 Å². The molecule has 0 aliphatic heterocycles. The third-order valence-corrected chi connectivity index (χ3v) is 3.24. The molecule has 6 atom stereocenters. The highest BCUT2D eigenvalue weighted by atomic mass is 31.2. The van der Waals surface area contributed by atoms with Crippen LogP contribution < -0.4 is 17.2 Å². The lowest BCUT2D eigenvalue weighted by atomic mass is 9.82. The lowest BCUT2D eigenvalue weighted by molar-refractivity contribution is -0.133. The molecule has 0 radical (unpaired) electrons. The van der Waals surface area contributed by atoms with E-state index in [2.05, 4.69) is 9.52 Å². The molecule has 0 saturated heterocycles. The third-order valence-electron chi connectivity index (χ3n) is 2.72. The zero-order valence-corrected chi connectivity index (χ0v) is 10.5. The average Bonchev–Trinajstić information content (AvgIpc) is 2.26. The molecule has 1 aliphatic carbocycles. The highest BCUT2D eigenvalue weighted by Gasteiger charge is 2.50. The first kappa shape index (κ1) is 16.3. The van der Waals surface area contributed by atoms with Gasteiger partial charge in [0.15, 0.2) is 5.96 Å². The maximum Gasteiger partial charge on any atom is 0.470 e. The molecule has 112 valence electrons. The number of nitrogens with zero attached hydrogens (tertiary/aromatic N) is 1. The molecule has 0 spiro atoms. The fourth-order valence-corrected chi connectivity index (χ4v) is 2.42. The number of aliphatic hydroxyl groups is 3. The SMILES string of the molecule is NC(N)=NC1[C@H](O)C(N)[C@H](O)[C@@H](O)[C@@H]1OP(=O)(O)O. The van der Waals surface area contributed by atoms with E-state index in [1.165, 1.54) is 0 Å². The maximum atomic E-state index is 10.8. The molecular formula is C7H17N4O7P. The Balaban J connectivity index is 3.11. The lowest BCUT2D eigenvalue weighted by Gasteiger charge is -2.42. The van der Waals surface area contributed by atoms with Crippen molar-refractivity contribution < 1.29 is 34.2 Å². The maximum absolute atomic E-state index is 10.8. The van der Waals surface area contributed by atoms with Gasteiger partial charge in [-0.15, -0.1) is 0 Å². The van der Waals surface area contributed by atoms with Crippen molar-refractivity contribution >= 4 is 13.8 Å². The van der Waals surface area contributed by atoms with Gasteiger partial charge in [-0.2, -0.15) is 0 Å². The van der Waals surface area contributed by atoms with Gasteiger partial charge in [-0.05, 0) is 0 Å². The van der Waals surface area contributed by atoms with Gasteiger partial charge in [0.1, 0.15) is 24.4 Å². The van der Waals surface area contributed by atoms with Gasteiger partial charge in [-0.1, -0.05) is 0 Å². The van der Waals surface area contributed by atoms with Gasteiger partial charge in [0.05, 0.1) is 12.1 Å². The number of hydrogen-bond donors (Lipinski definition) is 8. The number of nitrogens with two attached hydrogens (primary N) is 3. The number of guanidine groups is 1. The standard InChI is InChI=1S/C7H17N4O7P/c8-1-3(12)2(11-7(9)10)6(5(14)4(1)13)18-19(15,16)17/h1-6,12-14H,8H2,(H4,9,10,11)(H2,15,16,17)/t1?,2?,3-,4+,5-,6-/m1/s1. The second-order valence-electron chi connectivity index (χ2n) is 4.15. The second-order valence-corrected chi connectivity index (χ2v) is 5.35. The highest BCUT2D eigenvalue weighted by molar-refractivity contribution is 7.46. The Morgan fingerprint density at radius 2 is 1.63 bits per heavy atom. The van der Waals surface area contributed by atoms with E-state index in [0.717, 1.165) is 0 Å². The van der Waals surface area contributed by atoms with E-state index >= 15 is 0 Å². The monoisotopic (exact) mass is 300 g/mol. The van der Waals surface area contributed by atoms with E-state index in [-0.39, 0.29) is 0 Å². The summed E-state index contributed by atoms with van der Waals surface area (Å²) in [6, 6.07) is -2.73. The molecule has 11 nitrogen and oxygen atoms in total. The van der Waals surface area contributed by atoms with Gasteiger partial charge in [0.25, 0.3) is 0 Å². The van der Waals surface area contributed by atoms with Gasteiger partial charge in [-0.3, -0.25) is 4.52 Å². The minimum atomic E-state index is -5.00. The minimum absolute atomic E-state index is 0.501. The zero-order valence-electron chi connectivity index (χ0n) is 9.64. The molecule has 19 heavy (non-hydrogen) atoms. The predicted octanol–water partition coefficient (Wildman–Crippen LogP) is -4.47. The van der Waals surface area contributed by atoms with Gasteiger partial charge in [-0.25, -0.2) is 9.56 Å². The molecule has 0 aromatic rings. The van der Waals surface area contributed by atoms with E-state index in [0.29, 0.717) is 0 Å². The van der Waals surface area contributed by atoms with Crippen LogP contribution in [0, 0.1) is 0 Å². The summed E-state index contributed by atoms with van der Waals surface area (Å²) >= 11 is 0. The Bertz CT molecular complexity index is 397. The van der Waals surface area contributed by atoms with Crippen molar-refractivity contribution in [1.29, 1.82) is 0 Å². The van der Waals surface area contributed by atoms with Crippen LogP contribution in [-0.4, -0.2) is 67.6 Å². The van der Waals surface area contributed by atoms with Crippen molar-refractivity contribution in [2.75, 3.05) is 0 Å². The zero-order chi connectivity index (χ0) is 15.0. The average molecular weight is 300 g/mol. The molecule has 1 aliphatic rings. The minimum Gasteiger partial charge on any atom is -0.389 e. The molecule has 0 bridgehead atoms. The Morgan fingerprint density at radius 1 is 1.11 bits per heavy atom. The van der Waals surface area contributed by atoms with E-state index in [1.54, 1.807) is 0 Å². The predicted molar refractivity (Wildman–Crippen MR) is 62.5 cm³/mol. The van der Waals surface area contributed by atoms with Crippen LogP contribution >= 0.6 is 7.82 Å². The fourth-order valence-electron chi connectivity index (χ4n) is 1.85. The summed E-state index contributed by atoms with van der Waals surface area (Å²) in [5.41, 5.74) is 15.7. The van der Waals surface area contributed by atoms with Crippen molar-refractivity contribution in [3.63, 3.8) is 0 Å². The first-order chi connectivity index (χ1) is 8.54. The van der Waals surface area contributed by atoms with Crippen molar-refractivity contribution in [3.05, 3.63) is 0 Å². The van der Waals surface area contributed by atoms with Crippen LogP contribution in [0.4, 0.5) is 0 Å². The second kappa shape index (κ2) is 5.69. The topological polar surface area (TPSA) is 218 Å². The van der Waals surface area contributed by atoms with E-state index < -0.39 is 50.3 Å². The molecular weight excluding hydrogens is 283 g/mol. The van der Waals surface area contributed by atoms with Gasteiger partial charge in [0, 0.05) is 0 Å². The van der Waals surface area contributed by atoms with Crippen LogP contribution in [0.25, 0.3) is 0 Å². The molecule has 0 aromatic carbocycles. The van der Waals surface area contributed by atoms with E-state index in [9.17, 15) is 19.9 Å². The molecule has 1 saturated carbocycles. The summed E-state index contributed by atoms with van der Waals surface area (Å²) in [7, 11) is -5.00. The first-order valence-corrected chi connectivity index (χ1v) is 6.70. The number of phosphoric ester groups is 1. The molecule has 2 unspecified atom stereocenters. The summed E-state index contributed by atoms with van der Waals surface area (Å²) < 4.78 is 15.1. The smallest absolute Gasteiger partial charge is 0.389 e. The van der Waals surface area contributed by atoms with Crippen LogP contribution in [-0.2, 0) is 9.09 Å². The summed E-state index contributed by atoms with van der Waals surface area (Å²) in [5.74, 6) is -0.501. The quantitative estimate of drug-likeness (QED) is 0.142.